The Labute approximate surface area is 89.5 Å². The molecule has 1 aromatic rings. The molecule has 0 amide bonds. The van der Waals surface area contributed by atoms with Gasteiger partial charge in [-0.2, -0.15) is 0 Å². The zero-order valence-corrected chi connectivity index (χ0v) is 9.52. The zero-order valence-electron chi connectivity index (χ0n) is 9.52. The lowest BCUT2D eigenvalue weighted by atomic mass is 9.93. The lowest BCUT2D eigenvalue weighted by molar-refractivity contribution is 0.0889. The highest BCUT2D eigenvalue weighted by Crippen LogP contribution is 2.15. The average Bonchev–Trinajstić information content (AvgIpc) is 2.21. The first-order valence-electron chi connectivity index (χ1n) is 4.88. The van der Waals surface area contributed by atoms with Crippen molar-refractivity contribution in [3.05, 3.63) is 35.1 Å². The summed E-state index contributed by atoms with van der Waals surface area (Å²) in [5, 5.41) is 2.90. The van der Waals surface area contributed by atoms with Crippen LogP contribution in [0.2, 0.25) is 0 Å². The van der Waals surface area contributed by atoms with Gasteiger partial charge in [0.25, 0.3) is 0 Å². The third-order valence-electron chi connectivity index (χ3n) is 2.63. The minimum atomic E-state index is -0.665. The van der Waals surface area contributed by atoms with Crippen molar-refractivity contribution >= 4 is 5.78 Å². The fourth-order valence-electron chi connectivity index (χ4n) is 1.21. The summed E-state index contributed by atoms with van der Waals surface area (Å²) in [5.41, 5.74) is 0.285. The van der Waals surface area contributed by atoms with Gasteiger partial charge in [0, 0.05) is 5.56 Å². The molecule has 0 atom stereocenters. The Morgan fingerprint density at radius 3 is 2.47 bits per heavy atom. The predicted octanol–water partition coefficient (Wildman–Crippen LogP) is 2.31. The van der Waals surface area contributed by atoms with Gasteiger partial charge in [0.1, 0.15) is 5.82 Å². The van der Waals surface area contributed by atoms with Crippen LogP contribution in [0.15, 0.2) is 18.2 Å². The Morgan fingerprint density at radius 2 is 2.00 bits per heavy atom. The second kappa shape index (κ2) is 4.11. The van der Waals surface area contributed by atoms with Crippen LogP contribution in [0.5, 0.6) is 0 Å². The topological polar surface area (TPSA) is 29.1 Å². The number of Topliss-reactive ketones (excluding diaryl/α,β-unsaturated/α-hetero) is 1. The second-order valence-electron chi connectivity index (χ2n) is 4.17. The minimum absolute atomic E-state index is 0.107. The number of halogens is 1. The van der Waals surface area contributed by atoms with Gasteiger partial charge in [0.2, 0.25) is 0 Å². The molecule has 1 N–H and O–H groups in total. The van der Waals surface area contributed by atoms with E-state index in [0.717, 1.165) is 0 Å². The molecule has 0 fully saturated rings. The molecule has 2 nitrogen and oxygen atoms in total. The molecule has 3 heteroatoms. The molecule has 15 heavy (non-hydrogen) atoms. The van der Waals surface area contributed by atoms with E-state index in [0.29, 0.717) is 11.1 Å². The van der Waals surface area contributed by atoms with Crippen molar-refractivity contribution in [3.63, 3.8) is 0 Å². The Morgan fingerprint density at radius 1 is 1.40 bits per heavy atom. The van der Waals surface area contributed by atoms with Gasteiger partial charge in [0.05, 0.1) is 5.54 Å². The number of hydrogen-bond acceptors (Lipinski definition) is 2. The van der Waals surface area contributed by atoms with Crippen molar-refractivity contribution in [1.82, 2.24) is 5.32 Å². The van der Waals surface area contributed by atoms with Crippen molar-refractivity contribution in [3.8, 4) is 0 Å². The van der Waals surface area contributed by atoms with Gasteiger partial charge in [-0.3, -0.25) is 4.79 Å². The molecule has 0 bridgehead atoms. The molecule has 0 aromatic heterocycles. The highest BCUT2D eigenvalue weighted by molar-refractivity contribution is 6.02. The highest BCUT2D eigenvalue weighted by Gasteiger charge is 2.26. The van der Waals surface area contributed by atoms with Crippen molar-refractivity contribution < 1.29 is 9.18 Å². The molecule has 0 aliphatic rings. The predicted molar refractivity (Wildman–Crippen MR) is 58.6 cm³/mol. The van der Waals surface area contributed by atoms with Crippen LogP contribution < -0.4 is 5.32 Å². The van der Waals surface area contributed by atoms with E-state index in [2.05, 4.69) is 5.32 Å². The van der Waals surface area contributed by atoms with Crippen LogP contribution in [-0.2, 0) is 0 Å². The molecular formula is C12H16FNO. The van der Waals surface area contributed by atoms with E-state index in [1.54, 1.807) is 40.0 Å². The van der Waals surface area contributed by atoms with Gasteiger partial charge in [-0.05, 0) is 39.4 Å². The number of benzene rings is 1. The number of carbonyl (C=O) groups is 1. The maximum Gasteiger partial charge on any atom is 0.182 e. The van der Waals surface area contributed by atoms with Crippen LogP contribution in [-0.4, -0.2) is 18.4 Å². The summed E-state index contributed by atoms with van der Waals surface area (Å²) in [7, 11) is 1.71. The van der Waals surface area contributed by atoms with E-state index >= 15 is 0 Å². The summed E-state index contributed by atoms with van der Waals surface area (Å²) in [4.78, 5) is 11.9. The number of hydrogen-bond donors (Lipinski definition) is 1. The van der Waals surface area contributed by atoms with Crippen molar-refractivity contribution in [1.29, 1.82) is 0 Å². The first-order chi connectivity index (χ1) is 6.88. The third-order valence-corrected chi connectivity index (χ3v) is 2.63. The Bertz CT molecular complexity index is 385. The first-order valence-corrected chi connectivity index (χ1v) is 4.88. The van der Waals surface area contributed by atoms with Gasteiger partial charge in [-0.1, -0.05) is 12.1 Å². The molecule has 0 aliphatic carbocycles. The van der Waals surface area contributed by atoms with Crippen LogP contribution in [0.1, 0.15) is 29.8 Å². The van der Waals surface area contributed by atoms with Gasteiger partial charge in [-0.25, -0.2) is 4.39 Å². The SMILES string of the molecule is CNC(C)(C)C(=O)c1ccc(C)c(F)c1. The molecule has 0 heterocycles. The molecular weight excluding hydrogens is 193 g/mol. The Kier molecular flexibility index (Phi) is 3.25. The average molecular weight is 209 g/mol. The lowest BCUT2D eigenvalue weighted by Gasteiger charge is -2.22. The number of nitrogens with one attached hydrogen (secondary N) is 1. The summed E-state index contributed by atoms with van der Waals surface area (Å²) >= 11 is 0. The zero-order chi connectivity index (χ0) is 11.6. The van der Waals surface area contributed by atoms with E-state index in [1.165, 1.54) is 6.07 Å². The van der Waals surface area contributed by atoms with Gasteiger partial charge < -0.3 is 5.32 Å². The lowest BCUT2D eigenvalue weighted by Crippen LogP contribution is -2.44. The largest absolute Gasteiger partial charge is 0.308 e. The summed E-state index contributed by atoms with van der Waals surface area (Å²) in [6.07, 6.45) is 0. The number of carbonyl (C=O) groups excluding carboxylic acids is 1. The summed E-state index contributed by atoms with van der Waals surface area (Å²) in [6.45, 7) is 5.22. The maximum absolute atomic E-state index is 13.3. The molecule has 0 saturated heterocycles. The third kappa shape index (κ3) is 2.42. The maximum atomic E-state index is 13.3. The van der Waals surface area contributed by atoms with Crippen molar-refractivity contribution in [2.75, 3.05) is 7.05 Å². The number of aryl methyl sites for hydroxylation is 1. The molecule has 0 saturated carbocycles. The van der Waals surface area contributed by atoms with E-state index in [1.807, 2.05) is 0 Å². The number of rotatable bonds is 3. The molecule has 0 aliphatic heterocycles. The van der Waals surface area contributed by atoms with Gasteiger partial charge in [0.15, 0.2) is 5.78 Å². The van der Waals surface area contributed by atoms with Crippen LogP contribution in [0, 0.1) is 12.7 Å². The van der Waals surface area contributed by atoms with E-state index in [4.69, 9.17) is 0 Å². The van der Waals surface area contributed by atoms with Crippen LogP contribution in [0.25, 0.3) is 0 Å². The Hall–Kier alpha value is -1.22. The Balaban J connectivity index is 3.08. The number of ketones is 1. The molecule has 0 spiro atoms. The fourth-order valence-corrected chi connectivity index (χ4v) is 1.21. The van der Waals surface area contributed by atoms with E-state index in [-0.39, 0.29) is 11.6 Å². The van der Waals surface area contributed by atoms with Gasteiger partial charge >= 0.3 is 0 Å². The first kappa shape index (κ1) is 11.9. The smallest absolute Gasteiger partial charge is 0.182 e. The van der Waals surface area contributed by atoms with Crippen molar-refractivity contribution in [2.24, 2.45) is 0 Å². The van der Waals surface area contributed by atoms with E-state index in [9.17, 15) is 9.18 Å². The van der Waals surface area contributed by atoms with Crippen LogP contribution in [0.4, 0.5) is 4.39 Å². The quantitative estimate of drug-likeness (QED) is 0.774. The molecule has 82 valence electrons. The summed E-state index contributed by atoms with van der Waals surface area (Å²) < 4.78 is 13.3. The number of likely N-dealkylation sites (N-methyl/N-ethyl adjacent to an activating group) is 1. The highest BCUT2D eigenvalue weighted by atomic mass is 19.1. The fraction of sp³-hybridized carbons (Fsp3) is 0.417. The molecule has 1 rings (SSSR count). The molecule has 0 radical (unpaired) electrons. The monoisotopic (exact) mass is 209 g/mol. The molecule has 1 aromatic carbocycles. The minimum Gasteiger partial charge on any atom is -0.308 e. The van der Waals surface area contributed by atoms with E-state index < -0.39 is 5.54 Å². The van der Waals surface area contributed by atoms with Crippen LogP contribution >= 0.6 is 0 Å². The normalized spacial score (nSPS) is 11.5. The van der Waals surface area contributed by atoms with Crippen molar-refractivity contribution in [2.45, 2.75) is 26.3 Å². The molecule has 0 unspecified atom stereocenters. The van der Waals surface area contributed by atoms with Gasteiger partial charge in [-0.15, -0.1) is 0 Å². The summed E-state index contributed by atoms with van der Waals surface area (Å²) in [5.74, 6) is -0.448. The standard InChI is InChI=1S/C12H16FNO/c1-8-5-6-9(7-10(8)13)11(15)12(2,3)14-4/h5-7,14H,1-4H3. The summed E-state index contributed by atoms with van der Waals surface area (Å²) in [6, 6.07) is 4.56. The van der Waals surface area contributed by atoms with Crippen LogP contribution in [0.3, 0.4) is 0 Å². The second-order valence-corrected chi connectivity index (χ2v) is 4.17.